The Morgan fingerprint density at radius 1 is 1.29 bits per heavy atom. The maximum atomic E-state index is 13.3. The minimum absolute atomic E-state index is 0. The number of aromatic nitrogens is 2. The third-order valence-electron chi connectivity index (χ3n) is 4.09. The molecular weight excluding hydrogens is 327 g/mol. The molecule has 0 aliphatic heterocycles. The van der Waals surface area contributed by atoms with Crippen LogP contribution in [0.4, 0.5) is 4.39 Å². The molecule has 0 amide bonds. The molecule has 2 heterocycles. The van der Waals surface area contributed by atoms with Crippen LogP contribution in [0.15, 0.2) is 49.2 Å². The number of rotatable bonds is 5. The Kier molecular flexibility index (Phi) is 5.62. The van der Waals surface area contributed by atoms with Crippen LogP contribution in [0.3, 0.4) is 0 Å². The van der Waals surface area contributed by atoms with Crippen LogP contribution in [-0.2, 0) is 13.2 Å². The fraction of sp³-hybridized carbons (Fsp3) is 0.211. The van der Waals surface area contributed by atoms with Gasteiger partial charge in [0.05, 0.1) is 0 Å². The lowest BCUT2D eigenvalue weighted by Gasteiger charge is -2.10. The van der Waals surface area contributed by atoms with E-state index in [0.29, 0.717) is 12.4 Å². The van der Waals surface area contributed by atoms with Crippen LogP contribution in [-0.4, -0.2) is 9.55 Å². The molecule has 0 saturated carbocycles. The Hall–Kier alpha value is -2.33. The molecule has 126 valence electrons. The van der Waals surface area contributed by atoms with Crippen LogP contribution >= 0.6 is 12.4 Å². The molecule has 3 aromatic rings. The summed E-state index contributed by atoms with van der Waals surface area (Å²) >= 11 is 0. The summed E-state index contributed by atoms with van der Waals surface area (Å²) in [4.78, 5) is 4.37. The van der Waals surface area contributed by atoms with Gasteiger partial charge in [-0.05, 0) is 43.2 Å². The van der Waals surface area contributed by atoms with Crippen LogP contribution in [0.1, 0.15) is 16.8 Å². The summed E-state index contributed by atoms with van der Waals surface area (Å²) in [5, 5.41) is 1.12. The van der Waals surface area contributed by atoms with E-state index >= 15 is 0 Å². The Balaban J connectivity index is 0.00000208. The SMILES string of the molecule is C=CCn1c(C)c(C)c2ccnc(OCc3cccc(F)c3)c21.Cl. The highest BCUT2D eigenvalue weighted by molar-refractivity contribution is 5.88. The number of allylic oxidation sites excluding steroid dienone is 1. The lowest BCUT2D eigenvalue weighted by atomic mass is 10.2. The molecular formula is C19H20ClFN2O. The first-order chi connectivity index (χ1) is 11.1. The van der Waals surface area contributed by atoms with Gasteiger partial charge in [0.15, 0.2) is 0 Å². The summed E-state index contributed by atoms with van der Waals surface area (Å²) in [5.41, 5.74) is 4.11. The van der Waals surface area contributed by atoms with Gasteiger partial charge in [-0.25, -0.2) is 9.37 Å². The Morgan fingerprint density at radius 2 is 2.08 bits per heavy atom. The van der Waals surface area contributed by atoms with E-state index in [1.165, 1.54) is 23.4 Å². The molecule has 5 heteroatoms. The molecule has 3 nitrogen and oxygen atoms in total. The highest BCUT2D eigenvalue weighted by Gasteiger charge is 2.15. The topological polar surface area (TPSA) is 27.1 Å². The lowest BCUT2D eigenvalue weighted by Crippen LogP contribution is -2.03. The van der Waals surface area contributed by atoms with Gasteiger partial charge in [-0.1, -0.05) is 18.2 Å². The van der Waals surface area contributed by atoms with E-state index in [1.54, 1.807) is 12.3 Å². The molecule has 2 aromatic heterocycles. The standard InChI is InChI=1S/C19H19FN2O.ClH/c1-4-10-22-14(3)13(2)17-8-9-21-19(18(17)22)23-12-15-6-5-7-16(20)11-15;/h4-9,11H,1,10,12H2,2-3H3;1H. The average molecular weight is 347 g/mol. The summed E-state index contributed by atoms with van der Waals surface area (Å²) in [6.07, 6.45) is 3.60. The summed E-state index contributed by atoms with van der Waals surface area (Å²) in [5.74, 6) is 0.295. The molecule has 24 heavy (non-hydrogen) atoms. The first-order valence-corrected chi connectivity index (χ1v) is 7.54. The normalized spacial score (nSPS) is 10.5. The predicted molar refractivity (Wildman–Crippen MR) is 97.4 cm³/mol. The number of benzene rings is 1. The molecule has 0 spiro atoms. The van der Waals surface area contributed by atoms with Crippen molar-refractivity contribution in [2.75, 3.05) is 0 Å². The number of hydrogen-bond donors (Lipinski definition) is 0. The number of ether oxygens (including phenoxy) is 1. The molecule has 0 aliphatic rings. The van der Waals surface area contributed by atoms with E-state index in [9.17, 15) is 4.39 Å². The molecule has 0 bridgehead atoms. The zero-order valence-corrected chi connectivity index (χ0v) is 14.6. The summed E-state index contributed by atoms with van der Waals surface area (Å²) in [6, 6.07) is 8.40. The van der Waals surface area contributed by atoms with Gasteiger partial charge in [0.1, 0.15) is 17.9 Å². The predicted octanol–water partition coefficient (Wildman–Crippen LogP) is 4.98. The van der Waals surface area contributed by atoms with E-state index in [0.717, 1.165) is 16.5 Å². The van der Waals surface area contributed by atoms with E-state index in [-0.39, 0.29) is 24.8 Å². The Bertz CT molecular complexity index is 873. The zero-order valence-electron chi connectivity index (χ0n) is 13.8. The highest BCUT2D eigenvalue weighted by atomic mass is 35.5. The summed E-state index contributed by atoms with van der Waals surface area (Å²) < 4.78 is 21.3. The minimum Gasteiger partial charge on any atom is -0.471 e. The number of nitrogens with zero attached hydrogens (tertiary/aromatic N) is 2. The number of pyridine rings is 1. The lowest BCUT2D eigenvalue weighted by molar-refractivity contribution is 0.296. The fourth-order valence-electron chi connectivity index (χ4n) is 2.80. The van der Waals surface area contributed by atoms with Gasteiger partial charge in [0.25, 0.3) is 0 Å². The van der Waals surface area contributed by atoms with E-state index in [4.69, 9.17) is 4.74 Å². The van der Waals surface area contributed by atoms with E-state index < -0.39 is 0 Å². The van der Waals surface area contributed by atoms with Crippen molar-refractivity contribution in [2.24, 2.45) is 0 Å². The quantitative estimate of drug-likeness (QED) is 0.609. The van der Waals surface area contributed by atoms with Gasteiger partial charge >= 0.3 is 0 Å². The van der Waals surface area contributed by atoms with Gasteiger partial charge in [-0.2, -0.15) is 0 Å². The van der Waals surface area contributed by atoms with Gasteiger partial charge in [0.2, 0.25) is 5.88 Å². The molecule has 0 atom stereocenters. The van der Waals surface area contributed by atoms with Gasteiger partial charge < -0.3 is 9.30 Å². The monoisotopic (exact) mass is 346 g/mol. The van der Waals surface area contributed by atoms with Crippen molar-refractivity contribution in [3.8, 4) is 5.88 Å². The van der Waals surface area contributed by atoms with Crippen molar-refractivity contribution >= 4 is 23.3 Å². The molecule has 1 aromatic carbocycles. The zero-order chi connectivity index (χ0) is 16.4. The van der Waals surface area contributed by atoms with Crippen molar-refractivity contribution in [3.05, 3.63) is 71.8 Å². The number of hydrogen-bond acceptors (Lipinski definition) is 2. The van der Waals surface area contributed by atoms with Crippen molar-refractivity contribution in [3.63, 3.8) is 0 Å². The fourth-order valence-corrected chi connectivity index (χ4v) is 2.80. The van der Waals surface area contributed by atoms with Gasteiger partial charge in [-0.3, -0.25) is 0 Å². The molecule has 0 radical (unpaired) electrons. The van der Waals surface area contributed by atoms with Crippen LogP contribution < -0.4 is 4.74 Å². The van der Waals surface area contributed by atoms with Crippen molar-refractivity contribution in [1.82, 2.24) is 9.55 Å². The summed E-state index contributed by atoms with van der Waals surface area (Å²) in [7, 11) is 0. The average Bonchev–Trinajstić information content (AvgIpc) is 2.79. The maximum absolute atomic E-state index is 13.3. The Labute approximate surface area is 147 Å². The van der Waals surface area contributed by atoms with Crippen LogP contribution in [0.25, 0.3) is 10.9 Å². The maximum Gasteiger partial charge on any atom is 0.238 e. The molecule has 0 aliphatic carbocycles. The first kappa shape index (κ1) is 18.0. The molecule has 0 N–H and O–H groups in total. The second-order valence-corrected chi connectivity index (χ2v) is 5.54. The highest BCUT2D eigenvalue weighted by Crippen LogP contribution is 2.31. The first-order valence-electron chi connectivity index (χ1n) is 7.54. The Morgan fingerprint density at radius 3 is 2.79 bits per heavy atom. The minimum atomic E-state index is -0.265. The largest absolute Gasteiger partial charge is 0.471 e. The van der Waals surface area contributed by atoms with E-state index in [1.807, 2.05) is 18.2 Å². The number of fused-ring (bicyclic) bond motifs is 1. The third-order valence-corrected chi connectivity index (χ3v) is 4.09. The molecule has 3 rings (SSSR count). The summed E-state index contributed by atoms with van der Waals surface area (Å²) in [6.45, 7) is 8.96. The molecule has 0 unspecified atom stereocenters. The smallest absolute Gasteiger partial charge is 0.238 e. The van der Waals surface area contributed by atoms with Crippen LogP contribution in [0, 0.1) is 19.7 Å². The number of aryl methyl sites for hydroxylation is 1. The van der Waals surface area contributed by atoms with Gasteiger partial charge in [-0.15, -0.1) is 19.0 Å². The second-order valence-electron chi connectivity index (χ2n) is 5.54. The van der Waals surface area contributed by atoms with Crippen LogP contribution in [0.5, 0.6) is 5.88 Å². The van der Waals surface area contributed by atoms with E-state index in [2.05, 4.69) is 30.0 Å². The second kappa shape index (κ2) is 7.49. The molecule has 0 fully saturated rings. The third kappa shape index (κ3) is 3.29. The number of halogens is 2. The van der Waals surface area contributed by atoms with Crippen LogP contribution in [0.2, 0.25) is 0 Å². The van der Waals surface area contributed by atoms with Gasteiger partial charge in [0, 0.05) is 23.8 Å². The molecule has 0 saturated heterocycles. The van der Waals surface area contributed by atoms with Crippen molar-refractivity contribution in [2.45, 2.75) is 27.0 Å². The van der Waals surface area contributed by atoms with Crippen molar-refractivity contribution < 1.29 is 9.13 Å². The van der Waals surface area contributed by atoms with Crippen molar-refractivity contribution in [1.29, 1.82) is 0 Å².